The Morgan fingerprint density at radius 3 is 2.81 bits per heavy atom. The maximum atomic E-state index is 12.8. The maximum absolute atomic E-state index is 12.8. The van der Waals surface area contributed by atoms with Crippen LogP contribution in [0.5, 0.6) is 0 Å². The molecule has 1 unspecified atom stereocenters. The topological polar surface area (TPSA) is 52.6 Å². The van der Waals surface area contributed by atoms with Crippen molar-refractivity contribution in [2.45, 2.75) is 31.7 Å². The minimum Gasteiger partial charge on any atom is -0.395 e. The second-order valence-electron chi connectivity index (χ2n) is 5.53. The van der Waals surface area contributed by atoms with Crippen LogP contribution in [-0.2, 0) is 11.2 Å². The van der Waals surface area contributed by atoms with Crippen LogP contribution < -0.4 is 5.32 Å². The Balaban J connectivity index is 1.70. The Kier molecular flexibility index (Phi) is 6.14. The summed E-state index contributed by atoms with van der Waals surface area (Å²) in [4.78, 5) is 14.0. The van der Waals surface area contributed by atoms with E-state index in [-0.39, 0.29) is 24.4 Å². The second kappa shape index (κ2) is 8.10. The van der Waals surface area contributed by atoms with E-state index in [9.17, 15) is 14.3 Å². The van der Waals surface area contributed by atoms with Gasteiger partial charge in [0.1, 0.15) is 5.82 Å². The van der Waals surface area contributed by atoms with Crippen molar-refractivity contribution in [3.05, 3.63) is 35.6 Å². The molecule has 0 aliphatic carbocycles. The van der Waals surface area contributed by atoms with Crippen molar-refractivity contribution in [1.29, 1.82) is 0 Å². The maximum Gasteiger partial charge on any atom is 0.234 e. The third-order valence-electron chi connectivity index (χ3n) is 3.96. The summed E-state index contributed by atoms with van der Waals surface area (Å²) >= 11 is 0. The molecular weight excluding hydrogens is 271 g/mol. The van der Waals surface area contributed by atoms with Crippen LogP contribution in [-0.4, -0.2) is 48.2 Å². The molecule has 2 rings (SSSR count). The van der Waals surface area contributed by atoms with Crippen LogP contribution in [0.1, 0.15) is 24.8 Å². The van der Waals surface area contributed by atoms with Gasteiger partial charge >= 0.3 is 0 Å². The van der Waals surface area contributed by atoms with E-state index in [1.807, 2.05) is 0 Å². The van der Waals surface area contributed by atoms with E-state index < -0.39 is 0 Å². The Labute approximate surface area is 125 Å². The first-order valence-electron chi connectivity index (χ1n) is 7.55. The zero-order valence-electron chi connectivity index (χ0n) is 12.2. The van der Waals surface area contributed by atoms with Crippen molar-refractivity contribution in [3.8, 4) is 0 Å². The quantitative estimate of drug-likeness (QED) is 0.832. The van der Waals surface area contributed by atoms with Gasteiger partial charge in [-0.15, -0.1) is 0 Å². The third kappa shape index (κ3) is 5.10. The number of aliphatic hydroxyl groups excluding tert-OH is 1. The van der Waals surface area contributed by atoms with Crippen LogP contribution in [0.2, 0.25) is 0 Å². The lowest BCUT2D eigenvalue weighted by molar-refractivity contribution is -0.123. The average molecular weight is 294 g/mol. The number of aliphatic hydroxyl groups is 1. The van der Waals surface area contributed by atoms with Crippen molar-refractivity contribution < 1.29 is 14.3 Å². The minimum atomic E-state index is -0.247. The zero-order valence-corrected chi connectivity index (χ0v) is 12.2. The molecule has 1 atom stereocenters. The summed E-state index contributed by atoms with van der Waals surface area (Å²) in [5.41, 5.74) is 1.00. The second-order valence-corrected chi connectivity index (χ2v) is 5.53. The molecule has 0 radical (unpaired) electrons. The van der Waals surface area contributed by atoms with Gasteiger partial charge in [-0.05, 0) is 43.5 Å². The van der Waals surface area contributed by atoms with E-state index in [1.165, 1.54) is 12.1 Å². The summed E-state index contributed by atoms with van der Waals surface area (Å²) in [6.45, 7) is 1.87. The van der Waals surface area contributed by atoms with E-state index in [0.717, 1.165) is 31.4 Å². The molecule has 1 amide bonds. The van der Waals surface area contributed by atoms with Crippen molar-refractivity contribution >= 4 is 5.91 Å². The number of likely N-dealkylation sites (tertiary alicyclic amines) is 1. The summed E-state index contributed by atoms with van der Waals surface area (Å²) in [6.07, 6.45) is 3.85. The first kappa shape index (κ1) is 15.9. The molecule has 0 bridgehead atoms. The number of hydrogen-bond acceptors (Lipinski definition) is 3. The third-order valence-corrected chi connectivity index (χ3v) is 3.96. The van der Waals surface area contributed by atoms with Crippen molar-refractivity contribution in [1.82, 2.24) is 10.2 Å². The van der Waals surface area contributed by atoms with Gasteiger partial charge in [-0.25, -0.2) is 4.39 Å². The molecule has 1 aliphatic heterocycles. The molecule has 1 saturated heterocycles. The number of benzene rings is 1. The lowest BCUT2D eigenvalue weighted by Gasteiger charge is -2.33. The summed E-state index contributed by atoms with van der Waals surface area (Å²) < 4.78 is 12.8. The smallest absolute Gasteiger partial charge is 0.234 e. The minimum absolute atomic E-state index is 0.0162. The Hall–Kier alpha value is -1.46. The number of carbonyl (C=O) groups is 1. The number of carbonyl (C=O) groups excluding carboxylic acids is 1. The molecule has 1 aromatic carbocycles. The predicted octanol–water partition coefficient (Wildman–Crippen LogP) is 1.33. The van der Waals surface area contributed by atoms with Gasteiger partial charge in [0.15, 0.2) is 0 Å². The van der Waals surface area contributed by atoms with E-state index in [4.69, 9.17) is 0 Å². The van der Waals surface area contributed by atoms with Crippen LogP contribution in [0.15, 0.2) is 24.3 Å². The lowest BCUT2D eigenvalue weighted by atomic mass is 10.0. The van der Waals surface area contributed by atoms with Gasteiger partial charge in [0.25, 0.3) is 0 Å². The van der Waals surface area contributed by atoms with Gasteiger partial charge in [-0.2, -0.15) is 0 Å². The Bertz CT molecular complexity index is 450. The zero-order chi connectivity index (χ0) is 15.1. The number of nitrogens with one attached hydrogen (secondary N) is 1. The average Bonchev–Trinajstić information content (AvgIpc) is 2.50. The summed E-state index contributed by atoms with van der Waals surface area (Å²) in [5, 5.41) is 12.2. The van der Waals surface area contributed by atoms with Crippen LogP contribution in [0.25, 0.3) is 0 Å². The molecule has 1 aromatic rings. The first-order valence-corrected chi connectivity index (χ1v) is 7.55. The highest BCUT2D eigenvalue weighted by atomic mass is 19.1. The van der Waals surface area contributed by atoms with Gasteiger partial charge in [-0.3, -0.25) is 9.69 Å². The van der Waals surface area contributed by atoms with E-state index in [1.54, 1.807) is 12.1 Å². The molecule has 1 aliphatic rings. The molecule has 116 valence electrons. The fourth-order valence-electron chi connectivity index (χ4n) is 2.71. The Morgan fingerprint density at radius 1 is 1.33 bits per heavy atom. The van der Waals surface area contributed by atoms with Gasteiger partial charge in [0.2, 0.25) is 5.91 Å². The fraction of sp³-hybridized carbons (Fsp3) is 0.562. The molecule has 2 N–H and O–H groups in total. The molecule has 5 heteroatoms. The standard InChI is InChI=1S/C16H23FN2O2/c17-14-6-4-13(5-7-14)8-9-18-16(21)11-19-10-2-1-3-15(19)12-20/h4-7,15,20H,1-3,8-12H2,(H,18,21). The van der Waals surface area contributed by atoms with Crippen molar-refractivity contribution in [3.63, 3.8) is 0 Å². The number of hydrogen-bond donors (Lipinski definition) is 2. The molecule has 0 aromatic heterocycles. The van der Waals surface area contributed by atoms with Crippen LogP contribution in [0.4, 0.5) is 4.39 Å². The van der Waals surface area contributed by atoms with Crippen LogP contribution in [0.3, 0.4) is 0 Å². The Morgan fingerprint density at radius 2 is 2.10 bits per heavy atom. The summed E-state index contributed by atoms with van der Waals surface area (Å²) in [7, 11) is 0. The molecule has 4 nitrogen and oxygen atoms in total. The predicted molar refractivity (Wildman–Crippen MR) is 79.4 cm³/mol. The van der Waals surface area contributed by atoms with Crippen LogP contribution >= 0.6 is 0 Å². The van der Waals surface area contributed by atoms with Crippen molar-refractivity contribution in [2.75, 3.05) is 26.2 Å². The fourth-order valence-corrected chi connectivity index (χ4v) is 2.71. The molecule has 21 heavy (non-hydrogen) atoms. The molecule has 0 saturated carbocycles. The molecule has 0 spiro atoms. The first-order chi connectivity index (χ1) is 10.2. The van der Waals surface area contributed by atoms with E-state index in [0.29, 0.717) is 19.5 Å². The highest BCUT2D eigenvalue weighted by Crippen LogP contribution is 2.15. The number of piperidine rings is 1. The van der Waals surface area contributed by atoms with E-state index in [2.05, 4.69) is 10.2 Å². The lowest BCUT2D eigenvalue weighted by Crippen LogP contribution is -2.47. The highest BCUT2D eigenvalue weighted by Gasteiger charge is 2.23. The summed E-state index contributed by atoms with van der Waals surface area (Å²) in [6, 6.07) is 6.43. The molecule has 1 fully saturated rings. The number of amides is 1. The monoisotopic (exact) mass is 294 g/mol. The number of nitrogens with zero attached hydrogens (tertiary/aromatic N) is 1. The number of halogens is 1. The van der Waals surface area contributed by atoms with Gasteiger partial charge < -0.3 is 10.4 Å². The van der Waals surface area contributed by atoms with E-state index >= 15 is 0 Å². The van der Waals surface area contributed by atoms with Gasteiger partial charge in [-0.1, -0.05) is 18.6 Å². The van der Waals surface area contributed by atoms with Gasteiger partial charge in [0.05, 0.1) is 13.2 Å². The normalized spacial score (nSPS) is 19.4. The SMILES string of the molecule is O=C(CN1CCCCC1CO)NCCc1ccc(F)cc1. The van der Waals surface area contributed by atoms with Crippen molar-refractivity contribution in [2.24, 2.45) is 0 Å². The summed E-state index contributed by atoms with van der Waals surface area (Å²) in [5.74, 6) is -0.264. The largest absolute Gasteiger partial charge is 0.395 e. The number of rotatable bonds is 6. The van der Waals surface area contributed by atoms with Gasteiger partial charge in [0, 0.05) is 12.6 Å². The van der Waals surface area contributed by atoms with Crippen LogP contribution in [0, 0.1) is 5.82 Å². The molecule has 1 heterocycles. The highest BCUT2D eigenvalue weighted by molar-refractivity contribution is 5.78. The molecular formula is C16H23FN2O2.